The SMILES string of the molecule is CCN(CC)CC(C)NS(=O)(=O)c1cnc(NN)c(Cl)c1. The third-order valence-corrected chi connectivity index (χ3v) is 4.89. The Labute approximate surface area is 130 Å². The average molecular weight is 336 g/mol. The Kier molecular flexibility index (Phi) is 6.82. The molecule has 0 aliphatic heterocycles. The highest BCUT2D eigenvalue weighted by Crippen LogP contribution is 2.21. The number of hydrogen-bond acceptors (Lipinski definition) is 6. The Balaban J connectivity index is 2.84. The minimum absolute atomic E-state index is 0.0119. The highest BCUT2D eigenvalue weighted by Gasteiger charge is 2.20. The van der Waals surface area contributed by atoms with Crippen molar-refractivity contribution in [3.05, 3.63) is 17.3 Å². The molecule has 21 heavy (non-hydrogen) atoms. The van der Waals surface area contributed by atoms with Crippen LogP contribution >= 0.6 is 11.6 Å². The maximum Gasteiger partial charge on any atom is 0.242 e. The van der Waals surface area contributed by atoms with Crippen molar-refractivity contribution in [1.82, 2.24) is 14.6 Å². The molecule has 0 aliphatic rings. The standard InChI is InChI=1S/C12H22ClN5O2S/c1-4-18(5-2)8-9(3)17-21(19,20)10-6-11(13)12(16-14)15-7-10/h6-7,9,17H,4-5,8,14H2,1-3H3,(H,15,16). The molecular formula is C12H22ClN5O2S. The molecule has 0 aromatic carbocycles. The summed E-state index contributed by atoms with van der Waals surface area (Å²) in [5, 5.41) is 0.150. The maximum absolute atomic E-state index is 12.3. The number of nitrogen functional groups attached to an aromatic ring is 1. The molecule has 1 aromatic rings. The summed E-state index contributed by atoms with van der Waals surface area (Å²) in [4.78, 5) is 6.02. The number of hydrazine groups is 1. The molecule has 1 atom stereocenters. The highest BCUT2D eigenvalue weighted by molar-refractivity contribution is 7.89. The lowest BCUT2D eigenvalue weighted by atomic mass is 10.3. The van der Waals surface area contributed by atoms with Crippen molar-refractivity contribution in [1.29, 1.82) is 0 Å². The van der Waals surface area contributed by atoms with Gasteiger partial charge in [0.1, 0.15) is 4.90 Å². The summed E-state index contributed by atoms with van der Waals surface area (Å²) in [6, 6.07) is 1.09. The van der Waals surface area contributed by atoms with Crippen molar-refractivity contribution in [3.63, 3.8) is 0 Å². The van der Waals surface area contributed by atoms with Gasteiger partial charge in [0.15, 0.2) is 5.82 Å². The molecular weight excluding hydrogens is 314 g/mol. The van der Waals surface area contributed by atoms with Gasteiger partial charge in [-0.25, -0.2) is 24.0 Å². The van der Waals surface area contributed by atoms with Gasteiger partial charge in [0.25, 0.3) is 0 Å². The second-order valence-corrected chi connectivity index (χ2v) is 6.78. The zero-order valence-electron chi connectivity index (χ0n) is 12.4. The fourth-order valence-corrected chi connectivity index (χ4v) is 3.40. The molecule has 0 fully saturated rings. The molecule has 0 spiro atoms. The average Bonchev–Trinajstić information content (AvgIpc) is 2.44. The van der Waals surface area contributed by atoms with Crippen molar-refractivity contribution in [2.75, 3.05) is 25.1 Å². The van der Waals surface area contributed by atoms with Crippen LogP contribution in [-0.4, -0.2) is 44.0 Å². The smallest absolute Gasteiger partial charge is 0.242 e. The second-order valence-electron chi connectivity index (χ2n) is 4.65. The number of likely N-dealkylation sites (N-methyl/N-ethyl adjacent to an activating group) is 1. The molecule has 0 amide bonds. The number of anilines is 1. The normalized spacial score (nSPS) is 13.4. The van der Waals surface area contributed by atoms with Crippen molar-refractivity contribution in [3.8, 4) is 0 Å². The Bertz CT molecular complexity index is 563. The second kappa shape index (κ2) is 7.90. The van der Waals surface area contributed by atoms with Crippen molar-refractivity contribution < 1.29 is 8.42 Å². The van der Waals surface area contributed by atoms with E-state index in [0.29, 0.717) is 6.54 Å². The molecule has 1 aromatic heterocycles. The summed E-state index contributed by atoms with van der Waals surface area (Å²) in [6.45, 7) is 8.26. The number of rotatable bonds is 8. The van der Waals surface area contributed by atoms with Gasteiger partial charge >= 0.3 is 0 Å². The predicted molar refractivity (Wildman–Crippen MR) is 84.6 cm³/mol. The van der Waals surface area contributed by atoms with E-state index in [1.165, 1.54) is 12.3 Å². The Morgan fingerprint density at radius 3 is 2.52 bits per heavy atom. The quantitative estimate of drug-likeness (QED) is 0.484. The predicted octanol–water partition coefficient (Wildman–Crippen LogP) is 1.03. The van der Waals surface area contributed by atoms with Crippen molar-refractivity contribution >= 4 is 27.4 Å². The van der Waals surface area contributed by atoms with Crippen LogP contribution in [0.5, 0.6) is 0 Å². The summed E-state index contributed by atoms with van der Waals surface area (Å²) in [5.74, 6) is 5.44. The number of nitrogens with one attached hydrogen (secondary N) is 2. The third kappa shape index (κ3) is 5.08. The monoisotopic (exact) mass is 335 g/mol. The first-order chi connectivity index (χ1) is 9.83. The van der Waals surface area contributed by atoms with Crippen LogP contribution in [0.15, 0.2) is 17.2 Å². The third-order valence-electron chi connectivity index (χ3n) is 3.05. The minimum Gasteiger partial charge on any atom is -0.307 e. The summed E-state index contributed by atoms with van der Waals surface area (Å²) in [6.07, 6.45) is 1.22. The first kappa shape index (κ1) is 18.1. The lowest BCUT2D eigenvalue weighted by molar-refractivity contribution is 0.282. The van der Waals surface area contributed by atoms with Crippen LogP contribution in [0.3, 0.4) is 0 Å². The Hall–Kier alpha value is -0.930. The van der Waals surface area contributed by atoms with E-state index in [1.54, 1.807) is 0 Å². The molecule has 0 bridgehead atoms. The molecule has 0 aliphatic carbocycles. The topological polar surface area (TPSA) is 100 Å². The summed E-state index contributed by atoms with van der Waals surface area (Å²) >= 11 is 5.90. The number of nitrogens with zero attached hydrogens (tertiary/aromatic N) is 2. The van der Waals surface area contributed by atoms with E-state index >= 15 is 0 Å². The van der Waals surface area contributed by atoms with E-state index in [-0.39, 0.29) is 21.8 Å². The highest BCUT2D eigenvalue weighted by atomic mass is 35.5. The molecule has 1 rings (SSSR count). The molecule has 120 valence electrons. The van der Waals surface area contributed by atoms with Gasteiger partial charge in [-0.3, -0.25) is 0 Å². The fraction of sp³-hybridized carbons (Fsp3) is 0.583. The molecule has 0 radical (unpaired) electrons. The van der Waals surface area contributed by atoms with Crippen LogP contribution in [0.1, 0.15) is 20.8 Å². The summed E-state index contributed by atoms with van der Waals surface area (Å²) in [5.41, 5.74) is 2.29. The molecule has 0 saturated carbocycles. The van der Waals surface area contributed by atoms with E-state index in [0.717, 1.165) is 13.1 Å². The number of nitrogens with two attached hydrogens (primary N) is 1. The molecule has 1 heterocycles. The molecule has 7 nitrogen and oxygen atoms in total. The van der Waals surface area contributed by atoms with Crippen molar-refractivity contribution in [2.45, 2.75) is 31.7 Å². The summed E-state index contributed by atoms with van der Waals surface area (Å²) in [7, 11) is -3.66. The number of sulfonamides is 1. The lowest BCUT2D eigenvalue weighted by Crippen LogP contribution is -2.41. The summed E-state index contributed by atoms with van der Waals surface area (Å²) < 4.78 is 27.2. The number of pyridine rings is 1. The van der Waals surface area contributed by atoms with Gasteiger partial charge in [0.2, 0.25) is 10.0 Å². The van der Waals surface area contributed by atoms with Crippen LogP contribution in [-0.2, 0) is 10.0 Å². The first-order valence-electron chi connectivity index (χ1n) is 6.70. The van der Waals surface area contributed by atoms with Gasteiger partial charge in [0, 0.05) is 18.8 Å². The fourth-order valence-electron chi connectivity index (χ4n) is 1.91. The van der Waals surface area contributed by atoms with E-state index in [2.05, 4.69) is 20.0 Å². The minimum atomic E-state index is -3.66. The van der Waals surface area contributed by atoms with E-state index in [9.17, 15) is 8.42 Å². The number of hydrogen-bond donors (Lipinski definition) is 3. The molecule has 9 heteroatoms. The van der Waals surface area contributed by atoms with Gasteiger partial charge in [-0.15, -0.1) is 0 Å². The van der Waals surface area contributed by atoms with E-state index < -0.39 is 10.0 Å². The van der Waals surface area contributed by atoms with Gasteiger partial charge in [0.05, 0.1) is 5.02 Å². The van der Waals surface area contributed by atoms with Gasteiger partial charge in [-0.1, -0.05) is 25.4 Å². The van der Waals surface area contributed by atoms with Crippen LogP contribution in [0.25, 0.3) is 0 Å². The first-order valence-corrected chi connectivity index (χ1v) is 8.57. The molecule has 4 N–H and O–H groups in total. The lowest BCUT2D eigenvalue weighted by Gasteiger charge is -2.23. The van der Waals surface area contributed by atoms with Gasteiger partial charge in [-0.05, 0) is 26.1 Å². The van der Waals surface area contributed by atoms with E-state index in [1.807, 2.05) is 20.8 Å². The largest absolute Gasteiger partial charge is 0.307 e. The van der Waals surface area contributed by atoms with Crippen LogP contribution in [0.2, 0.25) is 5.02 Å². The Morgan fingerprint density at radius 1 is 1.43 bits per heavy atom. The zero-order valence-corrected chi connectivity index (χ0v) is 14.0. The zero-order chi connectivity index (χ0) is 16.0. The Morgan fingerprint density at radius 2 is 2.05 bits per heavy atom. The van der Waals surface area contributed by atoms with Crippen molar-refractivity contribution in [2.24, 2.45) is 5.84 Å². The van der Waals surface area contributed by atoms with E-state index in [4.69, 9.17) is 17.4 Å². The molecule has 1 unspecified atom stereocenters. The molecule has 0 saturated heterocycles. The van der Waals surface area contributed by atoms with Crippen LogP contribution < -0.4 is 16.0 Å². The van der Waals surface area contributed by atoms with Gasteiger partial charge in [-0.2, -0.15) is 0 Å². The van der Waals surface area contributed by atoms with Gasteiger partial charge < -0.3 is 10.3 Å². The van der Waals surface area contributed by atoms with Crippen LogP contribution in [0.4, 0.5) is 5.82 Å². The number of halogens is 1. The number of aromatic nitrogens is 1. The maximum atomic E-state index is 12.3. The van der Waals surface area contributed by atoms with Crippen LogP contribution in [0, 0.1) is 0 Å².